The van der Waals surface area contributed by atoms with Crippen LogP contribution in [0.2, 0.25) is 5.02 Å². The van der Waals surface area contributed by atoms with Crippen molar-refractivity contribution in [2.75, 3.05) is 4.90 Å². The van der Waals surface area contributed by atoms with E-state index in [1.54, 1.807) is 16.2 Å². The summed E-state index contributed by atoms with van der Waals surface area (Å²) in [6.07, 6.45) is 3.38. The Balaban J connectivity index is 1.57. The molecule has 4 aromatic rings. The van der Waals surface area contributed by atoms with Crippen molar-refractivity contribution in [2.45, 2.75) is 58.2 Å². The molecule has 0 spiro atoms. The van der Waals surface area contributed by atoms with E-state index in [2.05, 4.69) is 25.9 Å². The fourth-order valence-corrected chi connectivity index (χ4v) is 6.10. The van der Waals surface area contributed by atoms with Gasteiger partial charge in [0.05, 0.1) is 16.8 Å². The predicted molar refractivity (Wildman–Crippen MR) is 149 cm³/mol. The van der Waals surface area contributed by atoms with Crippen molar-refractivity contribution in [3.8, 4) is 0 Å². The van der Waals surface area contributed by atoms with E-state index in [4.69, 9.17) is 16.3 Å². The molecule has 1 N–H and O–H groups in total. The highest BCUT2D eigenvalue weighted by Gasteiger charge is 2.37. The van der Waals surface area contributed by atoms with Gasteiger partial charge in [-0.05, 0) is 74.4 Å². The van der Waals surface area contributed by atoms with Crippen LogP contribution in [-0.4, -0.2) is 33.4 Å². The van der Waals surface area contributed by atoms with Gasteiger partial charge in [0.1, 0.15) is 5.60 Å². The molecule has 0 aliphatic heterocycles. The van der Waals surface area contributed by atoms with Gasteiger partial charge in [0, 0.05) is 44.6 Å². The normalized spacial score (nSPS) is 13.9. The van der Waals surface area contributed by atoms with E-state index in [-0.39, 0.29) is 18.6 Å². The number of aliphatic carboxylic acids is 1. The van der Waals surface area contributed by atoms with Crippen LogP contribution in [0.1, 0.15) is 44.7 Å². The number of aromatic nitrogens is 1. The van der Waals surface area contributed by atoms with E-state index in [1.165, 1.54) is 0 Å². The molecule has 2 heterocycles. The van der Waals surface area contributed by atoms with Crippen LogP contribution in [0.5, 0.6) is 0 Å². The number of thiophene rings is 1. The number of anilines is 1. The van der Waals surface area contributed by atoms with E-state index in [9.17, 15) is 14.7 Å². The molecule has 1 aliphatic carbocycles. The molecule has 5 rings (SSSR count). The molecule has 1 fully saturated rings. The van der Waals surface area contributed by atoms with Crippen LogP contribution in [0.4, 0.5) is 10.5 Å². The first-order valence-electron chi connectivity index (χ1n) is 11.7. The molecule has 2 aromatic carbocycles. The number of amides is 1. The third-order valence-electron chi connectivity index (χ3n) is 6.07. The number of carbonyl (C=O) groups excluding carboxylic acids is 1. The number of carbonyl (C=O) groups is 2. The second-order valence-electron chi connectivity index (χ2n) is 10.2. The maximum absolute atomic E-state index is 13.2. The maximum atomic E-state index is 13.2. The van der Waals surface area contributed by atoms with E-state index < -0.39 is 11.6 Å². The highest BCUT2D eigenvalue weighted by Crippen LogP contribution is 2.42. The van der Waals surface area contributed by atoms with E-state index in [0.29, 0.717) is 11.6 Å². The Morgan fingerprint density at radius 3 is 2.61 bits per heavy atom. The summed E-state index contributed by atoms with van der Waals surface area (Å²) in [5, 5.41) is 13.9. The summed E-state index contributed by atoms with van der Waals surface area (Å²) in [7, 11) is 0. The fraction of sp³-hybridized carbons (Fsp3) is 0.333. The first-order valence-corrected chi connectivity index (χ1v) is 13.8. The Labute approximate surface area is 226 Å². The number of benzene rings is 2. The second kappa shape index (κ2) is 9.39. The standard InChI is InChI=1S/C27H26BrClN2O4S/c1-27(2,3)35-26(34)31(19-5-6-19)23-11-18(29)10-21-16(14-36-25(21)23)13-30-12-15(8-24(32)33)20-7-4-17(28)9-22(20)30/h4,7,9-12,14,19H,5-6,8,13H2,1-3H3,(H,32,33). The lowest BCUT2D eigenvalue weighted by atomic mass is 10.1. The van der Waals surface area contributed by atoms with Gasteiger partial charge in [0.15, 0.2) is 0 Å². The number of carboxylic acids is 1. The van der Waals surface area contributed by atoms with Gasteiger partial charge in [-0.1, -0.05) is 33.6 Å². The molecule has 188 valence electrons. The lowest BCUT2D eigenvalue weighted by Gasteiger charge is -2.28. The summed E-state index contributed by atoms with van der Waals surface area (Å²) in [5.41, 5.74) is 2.96. The van der Waals surface area contributed by atoms with Gasteiger partial charge >= 0.3 is 12.1 Å². The number of fused-ring (bicyclic) bond motifs is 2. The minimum absolute atomic E-state index is 0.0439. The monoisotopic (exact) mass is 588 g/mol. The molecular formula is C27H26BrClN2O4S. The molecule has 0 radical (unpaired) electrons. The Kier molecular flexibility index (Phi) is 6.55. The number of hydrogen-bond acceptors (Lipinski definition) is 4. The molecule has 0 saturated heterocycles. The topological polar surface area (TPSA) is 71.8 Å². The van der Waals surface area contributed by atoms with E-state index in [1.807, 2.05) is 57.3 Å². The van der Waals surface area contributed by atoms with Crippen LogP contribution in [-0.2, 0) is 22.5 Å². The van der Waals surface area contributed by atoms with Crippen LogP contribution in [0.25, 0.3) is 21.0 Å². The molecule has 0 atom stereocenters. The van der Waals surface area contributed by atoms with Crippen molar-refractivity contribution >= 4 is 77.6 Å². The molecule has 1 amide bonds. The lowest BCUT2D eigenvalue weighted by Crippen LogP contribution is -2.38. The van der Waals surface area contributed by atoms with Gasteiger partial charge in [-0.15, -0.1) is 11.3 Å². The van der Waals surface area contributed by atoms with Crippen LogP contribution in [0.15, 0.2) is 46.4 Å². The lowest BCUT2D eigenvalue weighted by molar-refractivity contribution is -0.136. The first-order chi connectivity index (χ1) is 17.0. The Hall–Kier alpha value is -2.55. The van der Waals surface area contributed by atoms with Crippen LogP contribution < -0.4 is 4.90 Å². The summed E-state index contributed by atoms with van der Waals surface area (Å²) in [6, 6.07) is 9.77. The average molecular weight is 590 g/mol. The fourth-order valence-electron chi connectivity index (χ4n) is 4.48. The van der Waals surface area contributed by atoms with Crippen molar-refractivity contribution in [1.82, 2.24) is 4.57 Å². The summed E-state index contributed by atoms with van der Waals surface area (Å²) in [6.45, 7) is 6.14. The van der Waals surface area contributed by atoms with Gasteiger partial charge in [-0.3, -0.25) is 9.69 Å². The zero-order chi connectivity index (χ0) is 25.8. The van der Waals surface area contributed by atoms with Gasteiger partial charge in [-0.25, -0.2) is 4.79 Å². The van der Waals surface area contributed by atoms with Crippen molar-refractivity contribution in [3.05, 3.63) is 62.5 Å². The minimum Gasteiger partial charge on any atom is -0.481 e. The average Bonchev–Trinajstić information content (AvgIpc) is 3.43. The zero-order valence-electron chi connectivity index (χ0n) is 20.2. The largest absolute Gasteiger partial charge is 0.481 e. The highest BCUT2D eigenvalue weighted by atomic mass is 79.9. The van der Waals surface area contributed by atoms with Gasteiger partial charge < -0.3 is 14.4 Å². The Bertz CT molecular complexity index is 1500. The molecule has 36 heavy (non-hydrogen) atoms. The molecule has 9 heteroatoms. The first kappa shape index (κ1) is 25.1. The molecule has 1 aliphatic rings. The number of ether oxygens (including phenoxy) is 1. The van der Waals surface area contributed by atoms with Crippen molar-refractivity contribution < 1.29 is 19.4 Å². The number of rotatable bonds is 6. The Morgan fingerprint density at radius 1 is 1.19 bits per heavy atom. The summed E-state index contributed by atoms with van der Waals surface area (Å²) in [4.78, 5) is 26.4. The third-order valence-corrected chi connectivity index (χ3v) is 7.85. The number of halogens is 2. The molecule has 1 saturated carbocycles. The molecule has 0 unspecified atom stereocenters. The Morgan fingerprint density at radius 2 is 1.94 bits per heavy atom. The molecule has 6 nitrogen and oxygen atoms in total. The number of hydrogen-bond donors (Lipinski definition) is 1. The van der Waals surface area contributed by atoms with Crippen molar-refractivity contribution in [2.24, 2.45) is 0 Å². The third kappa shape index (κ3) is 5.12. The zero-order valence-corrected chi connectivity index (χ0v) is 23.3. The van der Waals surface area contributed by atoms with Crippen LogP contribution >= 0.6 is 38.9 Å². The smallest absolute Gasteiger partial charge is 0.415 e. The summed E-state index contributed by atoms with van der Waals surface area (Å²) in [5.74, 6) is -0.864. The number of carboxylic acid groups (broad SMARTS) is 1. The van der Waals surface area contributed by atoms with Gasteiger partial charge in [0.2, 0.25) is 0 Å². The molecule has 2 aromatic heterocycles. The van der Waals surface area contributed by atoms with Crippen molar-refractivity contribution in [3.63, 3.8) is 0 Å². The molecular weight excluding hydrogens is 564 g/mol. The molecule has 0 bridgehead atoms. The van der Waals surface area contributed by atoms with Crippen LogP contribution in [0.3, 0.4) is 0 Å². The van der Waals surface area contributed by atoms with E-state index in [0.717, 1.165) is 55.1 Å². The summed E-state index contributed by atoms with van der Waals surface area (Å²) < 4.78 is 9.72. The maximum Gasteiger partial charge on any atom is 0.415 e. The van der Waals surface area contributed by atoms with Crippen LogP contribution in [0, 0.1) is 0 Å². The second-order valence-corrected chi connectivity index (χ2v) is 12.4. The van der Waals surface area contributed by atoms with Gasteiger partial charge in [0.25, 0.3) is 0 Å². The quantitative estimate of drug-likeness (QED) is 0.249. The highest BCUT2D eigenvalue weighted by molar-refractivity contribution is 9.10. The number of nitrogens with zero attached hydrogens (tertiary/aromatic N) is 2. The predicted octanol–water partition coefficient (Wildman–Crippen LogP) is 7.85. The SMILES string of the molecule is CC(C)(C)OC(=O)N(c1cc(Cl)cc2c(Cn3cc(CC(=O)O)c4ccc(Br)cc43)csc12)C1CC1. The van der Waals surface area contributed by atoms with E-state index >= 15 is 0 Å². The minimum atomic E-state index is -0.864. The van der Waals surface area contributed by atoms with Gasteiger partial charge in [-0.2, -0.15) is 0 Å². The van der Waals surface area contributed by atoms with Crippen molar-refractivity contribution in [1.29, 1.82) is 0 Å². The summed E-state index contributed by atoms with van der Waals surface area (Å²) >= 11 is 11.7.